The lowest BCUT2D eigenvalue weighted by Crippen LogP contribution is -2.41. The van der Waals surface area contributed by atoms with Gasteiger partial charge in [-0.05, 0) is 64.1 Å². The minimum Gasteiger partial charge on any atom is -0.303 e. The molecule has 1 aliphatic heterocycles. The summed E-state index contributed by atoms with van der Waals surface area (Å²) in [5, 5.41) is 12.5. The number of likely N-dealkylation sites (tertiary alicyclic amines) is 1. The zero-order valence-electron chi connectivity index (χ0n) is 13.2. The van der Waals surface area contributed by atoms with E-state index in [2.05, 4.69) is 37.1 Å². The second-order valence-corrected chi connectivity index (χ2v) is 6.48. The van der Waals surface area contributed by atoms with Crippen LogP contribution in [0.4, 0.5) is 0 Å². The summed E-state index contributed by atoms with van der Waals surface area (Å²) in [6, 6.07) is 2.41. The molecule has 3 atom stereocenters. The Kier molecular flexibility index (Phi) is 6.82. The zero-order chi connectivity index (χ0) is 14.3. The lowest BCUT2D eigenvalue weighted by atomic mass is 9.88. The van der Waals surface area contributed by atoms with Gasteiger partial charge in [0.25, 0.3) is 0 Å². The first kappa shape index (κ1) is 16.5. The van der Waals surface area contributed by atoms with Gasteiger partial charge in [-0.25, -0.2) is 0 Å². The number of nitriles is 1. The zero-order valence-corrected chi connectivity index (χ0v) is 13.2. The van der Waals surface area contributed by atoms with Gasteiger partial charge in [0.1, 0.15) is 5.54 Å². The molecule has 0 radical (unpaired) electrons. The van der Waals surface area contributed by atoms with Crippen molar-refractivity contribution in [1.29, 1.82) is 5.26 Å². The topological polar surface area (TPSA) is 39.1 Å². The average molecular weight is 265 g/mol. The highest BCUT2D eigenvalue weighted by atomic mass is 15.1. The third-order valence-corrected chi connectivity index (χ3v) is 4.63. The molecule has 3 unspecified atom stereocenters. The van der Waals surface area contributed by atoms with Crippen LogP contribution < -0.4 is 5.32 Å². The summed E-state index contributed by atoms with van der Waals surface area (Å²) in [7, 11) is 0. The van der Waals surface area contributed by atoms with Crippen LogP contribution >= 0.6 is 0 Å². The van der Waals surface area contributed by atoms with Crippen molar-refractivity contribution >= 4 is 0 Å². The van der Waals surface area contributed by atoms with Crippen LogP contribution in [0.2, 0.25) is 0 Å². The largest absolute Gasteiger partial charge is 0.303 e. The Balaban J connectivity index is 2.19. The normalized spacial score (nSPS) is 27.7. The van der Waals surface area contributed by atoms with E-state index in [9.17, 15) is 5.26 Å². The summed E-state index contributed by atoms with van der Waals surface area (Å²) in [5.41, 5.74) is -0.335. The van der Waals surface area contributed by atoms with Crippen LogP contribution in [0, 0.1) is 23.2 Å². The number of piperidine rings is 1. The van der Waals surface area contributed by atoms with Gasteiger partial charge in [0.2, 0.25) is 0 Å². The van der Waals surface area contributed by atoms with Crippen LogP contribution in [0.15, 0.2) is 0 Å². The lowest BCUT2D eigenvalue weighted by molar-refractivity contribution is 0.136. The van der Waals surface area contributed by atoms with Crippen LogP contribution in [0.25, 0.3) is 0 Å². The number of hydrogen-bond donors (Lipinski definition) is 1. The molecule has 0 saturated carbocycles. The lowest BCUT2D eigenvalue weighted by Gasteiger charge is -2.35. The molecule has 0 bridgehead atoms. The summed E-state index contributed by atoms with van der Waals surface area (Å²) >= 11 is 0. The maximum Gasteiger partial charge on any atom is 0.103 e. The fraction of sp³-hybridized carbons (Fsp3) is 0.938. The Labute approximate surface area is 119 Å². The first-order valence-corrected chi connectivity index (χ1v) is 7.89. The van der Waals surface area contributed by atoms with Crippen LogP contribution in [0.3, 0.4) is 0 Å². The van der Waals surface area contributed by atoms with Crippen molar-refractivity contribution in [2.75, 3.05) is 26.2 Å². The van der Waals surface area contributed by atoms with E-state index < -0.39 is 0 Å². The van der Waals surface area contributed by atoms with Gasteiger partial charge in [0, 0.05) is 6.54 Å². The van der Waals surface area contributed by atoms with E-state index in [1.54, 1.807) is 0 Å². The fourth-order valence-corrected chi connectivity index (χ4v) is 2.94. The first-order chi connectivity index (χ1) is 9.00. The van der Waals surface area contributed by atoms with Gasteiger partial charge >= 0.3 is 0 Å². The molecule has 19 heavy (non-hydrogen) atoms. The van der Waals surface area contributed by atoms with Gasteiger partial charge in [-0.2, -0.15) is 5.26 Å². The molecule has 0 amide bonds. The Bertz CT molecular complexity index is 297. The second-order valence-electron chi connectivity index (χ2n) is 6.48. The SMILES string of the molecule is CCNC(C)(C#N)CCCCN1CCC(C)C(C)C1. The Morgan fingerprint density at radius 1 is 1.32 bits per heavy atom. The molecule has 0 spiro atoms. The van der Waals surface area contributed by atoms with Crippen LogP contribution in [-0.4, -0.2) is 36.6 Å². The minimum atomic E-state index is -0.335. The molecule has 1 saturated heterocycles. The summed E-state index contributed by atoms with van der Waals surface area (Å²) in [6.07, 6.45) is 4.65. The summed E-state index contributed by atoms with van der Waals surface area (Å²) in [6.45, 7) is 13.4. The quantitative estimate of drug-likeness (QED) is 0.719. The van der Waals surface area contributed by atoms with Gasteiger partial charge in [-0.3, -0.25) is 5.32 Å². The Morgan fingerprint density at radius 3 is 2.63 bits per heavy atom. The molecule has 1 aliphatic rings. The maximum absolute atomic E-state index is 9.21. The smallest absolute Gasteiger partial charge is 0.103 e. The number of nitrogens with one attached hydrogen (secondary N) is 1. The van der Waals surface area contributed by atoms with Crippen molar-refractivity contribution in [2.45, 2.75) is 58.9 Å². The molecule has 0 aromatic rings. The molecule has 1 N–H and O–H groups in total. The van der Waals surface area contributed by atoms with Gasteiger partial charge in [-0.15, -0.1) is 0 Å². The fourth-order valence-electron chi connectivity index (χ4n) is 2.94. The Morgan fingerprint density at radius 2 is 2.05 bits per heavy atom. The number of rotatable bonds is 7. The van der Waals surface area contributed by atoms with E-state index in [0.29, 0.717) is 0 Å². The predicted molar refractivity (Wildman–Crippen MR) is 80.9 cm³/mol. The predicted octanol–water partition coefficient (Wildman–Crippen LogP) is 3.03. The standard InChI is InChI=1S/C16H31N3/c1-5-18-16(4,13-17)9-6-7-10-19-11-8-14(2)15(3)12-19/h14-15,18H,5-12H2,1-4H3. The summed E-state index contributed by atoms with van der Waals surface area (Å²) in [5.74, 6) is 1.71. The van der Waals surface area contributed by atoms with E-state index in [0.717, 1.165) is 31.2 Å². The van der Waals surface area contributed by atoms with Crippen LogP contribution in [-0.2, 0) is 0 Å². The van der Waals surface area contributed by atoms with Crippen molar-refractivity contribution in [3.63, 3.8) is 0 Å². The van der Waals surface area contributed by atoms with Crippen LogP contribution in [0.5, 0.6) is 0 Å². The van der Waals surface area contributed by atoms with Crippen molar-refractivity contribution in [1.82, 2.24) is 10.2 Å². The van der Waals surface area contributed by atoms with Crippen molar-refractivity contribution < 1.29 is 0 Å². The van der Waals surface area contributed by atoms with Gasteiger partial charge in [-0.1, -0.05) is 20.8 Å². The second kappa shape index (κ2) is 7.87. The molecule has 0 aromatic heterocycles. The van der Waals surface area contributed by atoms with Gasteiger partial charge in [0.15, 0.2) is 0 Å². The average Bonchev–Trinajstić information content (AvgIpc) is 2.39. The van der Waals surface area contributed by atoms with Crippen LogP contribution in [0.1, 0.15) is 53.4 Å². The molecular weight excluding hydrogens is 234 g/mol. The third kappa shape index (κ3) is 5.50. The van der Waals surface area contributed by atoms with E-state index in [1.165, 1.54) is 32.5 Å². The van der Waals surface area contributed by atoms with Gasteiger partial charge in [0.05, 0.1) is 6.07 Å². The molecule has 0 aromatic carbocycles. The maximum atomic E-state index is 9.21. The molecular formula is C16H31N3. The van der Waals surface area contributed by atoms with E-state index in [4.69, 9.17) is 0 Å². The molecule has 0 aliphatic carbocycles. The van der Waals surface area contributed by atoms with E-state index in [-0.39, 0.29) is 5.54 Å². The minimum absolute atomic E-state index is 0.335. The van der Waals surface area contributed by atoms with Crippen molar-refractivity contribution in [2.24, 2.45) is 11.8 Å². The molecule has 1 heterocycles. The monoisotopic (exact) mass is 265 g/mol. The molecule has 1 fully saturated rings. The number of hydrogen-bond acceptors (Lipinski definition) is 3. The summed E-state index contributed by atoms with van der Waals surface area (Å²) < 4.78 is 0. The highest BCUT2D eigenvalue weighted by molar-refractivity contribution is 5.03. The summed E-state index contributed by atoms with van der Waals surface area (Å²) in [4.78, 5) is 2.60. The first-order valence-electron chi connectivity index (χ1n) is 7.89. The molecule has 3 nitrogen and oxygen atoms in total. The van der Waals surface area contributed by atoms with Crippen molar-refractivity contribution in [3.05, 3.63) is 0 Å². The van der Waals surface area contributed by atoms with Crippen molar-refractivity contribution in [3.8, 4) is 6.07 Å². The van der Waals surface area contributed by atoms with E-state index >= 15 is 0 Å². The van der Waals surface area contributed by atoms with E-state index in [1.807, 2.05) is 6.92 Å². The molecule has 3 heteroatoms. The highest BCUT2D eigenvalue weighted by Gasteiger charge is 2.23. The number of nitrogens with zero attached hydrogens (tertiary/aromatic N) is 2. The van der Waals surface area contributed by atoms with Gasteiger partial charge < -0.3 is 4.90 Å². The highest BCUT2D eigenvalue weighted by Crippen LogP contribution is 2.23. The molecule has 1 rings (SSSR count). The number of unbranched alkanes of at least 4 members (excludes halogenated alkanes) is 1. The Hall–Kier alpha value is -0.590. The third-order valence-electron chi connectivity index (χ3n) is 4.63. The molecule has 110 valence electrons.